The largest absolute Gasteiger partial charge is 0.504 e. The van der Waals surface area contributed by atoms with Gasteiger partial charge in [0.25, 0.3) is 5.91 Å². The highest BCUT2D eigenvalue weighted by atomic mass is 16.5. The fraction of sp³-hybridized carbons (Fsp3) is 0.250. The monoisotopic (exact) mass is 262 g/mol. The summed E-state index contributed by atoms with van der Waals surface area (Å²) in [6, 6.07) is 4.94. The van der Waals surface area contributed by atoms with E-state index in [1.54, 1.807) is 19.2 Å². The van der Waals surface area contributed by atoms with E-state index >= 15 is 0 Å². The molecule has 0 saturated heterocycles. The number of phenols is 1. The number of phenolic OH excluding ortho intramolecular Hbond substituents is 1. The zero-order chi connectivity index (χ0) is 13.8. The third-order valence-electron chi connectivity index (χ3n) is 2.64. The maximum atomic E-state index is 12.0. The van der Waals surface area contributed by atoms with Crippen molar-refractivity contribution in [3.8, 4) is 11.5 Å². The Labute approximate surface area is 109 Å². The van der Waals surface area contributed by atoms with Gasteiger partial charge in [-0.05, 0) is 17.7 Å². The van der Waals surface area contributed by atoms with Crippen LogP contribution in [0.5, 0.6) is 11.5 Å². The fourth-order valence-electron chi connectivity index (χ4n) is 1.67. The van der Waals surface area contributed by atoms with E-state index in [9.17, 15) is 9.90 Å². The van der Waals surface area contributed by atoms with E-state index < -0.39 is 0 Å². The van der Waals surface area contributed by atoms with E-state index in [-0.39, 0.29) is 17.4 Å². The van der Waals surface area contributed by atoms with E-state index in [2.05, 4.69) is 15.4 Å². The number of nitrogens with one attached hydrogen (secondary N) is 1. The number of ether oxygens (including phenoxy) is 1. The molecule has 0 aliphatic rings. The van der Waals surface area contributed by atoms with Gasteiger partial charge in [0.15, 0.2) is 17.2 Å². The third kappa shape index (κ3) is 2.82. The number of hydrogen-bond acceptors (Lipinski definition) is 5. The molecule has 7 heteroatoms. The highest BCUT2D eigenvalue weighted by Crippen LogP contribution is 2.26. The van der Waals surface area contributed by atoms with Crippen LogP contribution in [0.2, 0.25) is 0 Å². The molecule has 19 heavy (non-hydrogen) atoms. The van der Waals surface area contributed by atoms with Crippen LogP contribution in [-0.2, 0) is 6.54 Å². The average Bonchev–Trinajstić information content (AvgIpc) is 2.94. The van der Waals surface area contributed by atoms with Crippen LogP contribution in [0.25, 0.3) is 0 Å². The summed E-state index contributed by atoms with van der Waals surface area (Å²) in [7, 11) is 3.14. The second kappa shape index (κ2) is 5.38. The van der Waals surface area contributed by atoms with Crippen molar-refractivity contribution in [1.29, 1.82) is 0 Å². The number of methoxy groups -OCH3 is 1. The topological polar surface area (TPSA) is 91.3 Å². The number of amides is 1. The molecule has 7 nitrogen and oxygen atoms in total. The number of aromatic nitrogens is 3. The Morgan fingerprint density at radius 3 is 2.95 bits per heavy atom. The van der Waals surface area contributed by atoms with Crippen LogP contribution >= 0.6 is 0 Å². The van der Waals surface area contributed by atoms with E-state index in [4.69, 9.17) is 4.74 Å². The first-order valence-corrected chi connectivity index (χ1v) is 5.59. The van der Waals surface area contributed by atoms with Gasteiger partial charge in [0.05, 0.1) is 13.3 Å². The van der Waals surface area contributed by atoms with Gasteiger partial charge in [-0.15, -0.1) is 0 Å². The zero-order valence-corrected chi connectivity index (χ0v) is 10.6. The summed E-state index contributed by atoms with van der Waals surface area (Å²) >= 11 is 0. The number of rotatable bonds is 4. The minimum absolute atomic E-state index is 0.0664. The van der Waals surface area contributed by atoms with Crippen molar-refractivity contribution < 1.29 is 14.6 Å². The van der Waals surface area contributed by atoms with Crippen molar-refractivity contribution in [2.45, 2.75) is 6.54 Å². The second-order valence-electron chi connectivity index (χ2n) is 4.02. The molecule has 0 aliphatic heterocycles. The van der Waals surface area contributed by atoms with Crippen molar-refractivity contribution in [3.05, 3.63) is 35.7 Å². The maximum Gasteiger partial charge on any atom is 0.276 e. The van der Waals surface area contributed by atoms with Crippen LogP contribution in [0.4, 0.5) is 0 Å². The number of hydrogen-bond donors (Lipinski definition) is 2. The number of benzene rings is 1. The first kappa shape index (κ1) is 12.9. The Hall–Kier alpha value is -2.57. The molecule has 0 bridgehead atoms. The summed E-state index contributed by atoms with van der Waals surface area (Å²) < 4.78 is 5.02. The molecule has 0 atom stereocenters. The SMILES string of the molecule is COc1cc(CN(C)C(=O)c2cn[nH]n2)ccc1O. The molecule has 1 amide bonds. The molecule has 0 spiro atoms. The summed E-state index contributed by atoms with van der Waals surface area (Å²) in [6.07, 6.45) is 1.37. The minimum Gasteiger partial charge on any atom is -0.504 e. The van der Waals surface area contributed by atoms with Crippen LogP contribution in [0.15, 0.2) is 24.4 Å². The molecule has 1 aromatic heterocycles. The molecule has 100 valence electrons. The lowest BCUT2D eigenvalue weighted by Gasteiger charge is -2.16. The summed E-state index contributed by atoms with van der Waals surface area (Å²) in [6.45, 7) is 0.377. The Balaban J connectivity index is 2.10. The normalized spacial score (nSPS) is 10.2. The van der Waals surface area contributed by atoms with Crippen LogP contribution in [0.3, 0.4) is 0 Å². The lowest BCUT2D eigenvalue weighted by atomic mass is 10.2. The molecule has 0 unspecified atom stereocenters. The van der Waals surface area contributed by atoms with E-state index in [0.29, 0.717) is 12.3 Å². The van der Waals surface area contributed by atoms with Crippen LogP contribution in [0.1, 0.15) is 16.1 Å². The molecule has 0 aliphatic carbocycles. The highest BCUT2D eigenvalue weighted by molar-refractivity contribution is 5.91. The Morgan fingerprint density at radius 2 is 2.32 bits per heavy atom. The van der Waals surface area contributed by atoms with E-state index in [0.717, 1.165) is 5.56 Å². The number of H-pyrrole nitrogens is 1. The molecule has 0 fully saturated rings. The van der Waals surface area contributed by atoms with Gasteiger partial charge in [-0.1, -0.05) is 6.07 Å². The van der Waals surface area contributed by atoms with Gasteiger partial charge in [0.1, 0.15) is 0 Å². The highest BCUT2D eigenvalue weighted by Gasteiger charge is 2.15. The summed E-state index contributed by atoms with van der Waals surface area (Å²) in [5.74, 6) is 0.206. The van der Waals surface area contributed by atoms with Gasteiger partial charge in [-0.2, -0.15) is 15.4 Å². The number of carbonyl (C=O) groups excluding carboxylic acids is 1. The number of aromatic amines is 1. The lowest BCUT2D eigenvalue weighted by molar-refractivity contribution is 0.0779. The van der Waals surface area contributed by atoms with Gasteiger partial charge < -0.3 is 14.7 Å². The van der Waals surface area contributed by atoms with Gasteiger partial charge >= 0.3 is 0 Å². The smallest absolute Gasteiger partial charge is 0.276 e. The Bertz CT molecular complexity index is 568. The van der Waals surface area contributed by atoms with E-state index in [1.165, 1.54) is 24.3 Å². The Kier molecular flexibility index (Phi) is 3.65. The first-order chi connectivity index (χ1) is 9.11. The number of aromatic hydroxyl groups is 1. The fourth-order valence-corrected chi connectivity index (χ4v) is 1.67. The molecule has 2 rings (SSSR count). The van der Waals surface area contributed by atoms with Crippen LogP contribution in [0, 0.1) is 0 Å². The zero-order valence-electron chi connectivity index (χ0n) is 10.6. The van der Waals surface area contributed by atoms with Gasteiger partial charge in [0.2, 0.25) is 0 Å². The average molecular weight is 262 g/mol. The quantitative estimate of drug-likeness (QED) is 0.850. The molecular formula is C12H14N4O3. The summed E-state index contributed by atoms with van der Waals surface area (Å²) in [5.41, 5.74) is 1.10. The molecule has 0 radical (unpaired) electrons. The lowest BCUT2D eigenvalue weighted by Crippen LogP contribution is -2.26. The van der Waals surface area contributed by atoms with Gasteiger partial charge in [-0.25, -0.2) is 0 Å². The number of nitrogens with zero attached hydrogens (tertiary/aromatic N) is 3. The summed E-state index contributed by atoms with van der Waals surface area (Å²) in [4.78, 5) is 13.5. The third-order valence-corrected chi connectivity index (χ3v) is 2.64. The van der Waals surface area contributed by atoms with Crippen molar-refractivity contribution >= 4 is 5.91 Å². The Morgan fingerprint density at radius 1 is 1.53 bits per heavy atom. The minimum atomic E-state index is -0.235. The van der Waals surface area contributed by atoms with Crippen molar-refractivity contribution in [2.24, 2.45) is 0 Å². The van der Waals surface area contributed by atoms with Crippen molar-refractivity contribution in [1.82, 2.24) is 20.3 Å². The van der Waals surface area contributed by atoms with Crippen LogP contribution < -0.4 is 4.74 Å². The van der Waals surface area contributed by atoms with Crippen LogP contribution in [-0.4, -0.2) is 45.5 Å². The molecule has 2 aromatic rings. The van der Waals surface area contributed by atoms with Crippen molar-refractivity contribution in [2.75, 3.05) is 14.2 Å². The number of carbonyl (C=O) groups is 1. The predicted octanol–water partition coefficient (Wildman–Crippen LogP) is 0.791. The summed E-state index contributed by atoms with van der Waals surface area (Å²) in [5, 5.41) is 19.2. The predicted molar refractivity (Wildman–Crippen MR) is 66.8 cm³/mol. The van der Waals surface area contributed by atoms with Gasteiger partial charge in [-0.3, -0.25) is 4.79 Å². The molecular weight excluding hydrogens is 248 g/mol. The van der Waals surface area contributed by atoms with Gasteiger partial charge in [0, 0.05) is 13.6 Å². The molecule has 1 aromatic carbocycles. The molecule has 2 N–H and O–H groups in total. The molecule has 0 saturated carbocycles. The van der Waals surface area contributed by atoms with E-state index in [1.807, 2.05) is 0 Å². The second-order valence-corrected chi connectivity index (χ2v) is 4.02. The standard InChI is InChI=1S/C12H14N4O3/c1-16(12(18)9-6-13-15-14-9)7-8-3-4-10(17)11(5-8)19-2/h3-6,17H,7H2,1-2H3,(H,13,14,15). The molecule has 1 heterocycles. The first-order valence-electron chi connectivity index (χ1n) is 5.59. The van der Waals surface area contributed by atoms with Crippen molar-refractivity contribution in [3.63, 3.8) is 0 Å². The maximum absolute atomic E-state index is 12.0.